The fraction of sp³-hybridized carbons (Fsp3) is 0.647. The molecule has 0 radical (unpaired) electrons. The first kappa shape index (κ1) is 16.6. The molecule has 4 atom stereocenters. The molecular weight excluding hydrogens is 278 g/mol. The Bertz CT molecular complexity index is 489. The minimum atomic E-state index is -0.292. The normalized spacial score (nSPS) is 26.1. The van der Waals surface area contributed by atoms with E-state index in [2.05, 4.69) is 29.5 Å². The number of carbonyl (C=O) groups excluding carboxylic acids is 1. The van der Waals surface area contributed by atoms with Gasteiger partial charge in [0, 0.05) is 12.1 Å². The number of pyridine rings is 1. The van der Waals surface area contributed by atoms with Crippen molar-refractivity contribution in [1.82, 2.24) is 10.3 Å². The first-order valence-electron chi connectivity index (χ1n) is 8.08. The molecule has 0 bridgehead atoms. The van der Waals surface area contributed by atoms with Gasteiger partial charge in [-0.05, 0) is 31.2 Å². The predicted molar refractivity (Wildman–Crippen MR) is 88.0 cm³/mol. The van der Waals surface area contributed by atoms with Crippen molar-refractivity contribution in [3.63, 3.8) is 0 Å². The van der Waals surface area contributed by atoms with Crippen LogP contribution in [0.1, 0.15) is 40.0 Å². The maximum atomic E-state index is 12.4. The molecule has 1 heterocycles. The second-order valence-electron chi connectivity index (χ2n) is 6.34. The Morgan fingerprint density at radius 3 is 2.77 bits per heavy atom. The highest BCUT2D eigenvalue weighted by molar-refractivity contribution is 5.84. The van der Waals surface area contributed by atoms with Crippen molar-refractivity contribution in [2.24, 2.45) is 11.8 Å². The maximum absolute atomic E-state index is 12.4. The largest absolute Gasteiger partial charge is 0.481 e. The van der Waals surface area contributed by atoms with E-state index in [1.165, 1.54) is 12.8 Å². The van der Waals surface area contributed by atoms with E-state index in [0.717, 1.165) is 12.1 Å². The van der Waals surface area contributed by atoms with Crippen molar-refractivity contribution in [3.05, 3.63) is 18.3 Å². The molecule has 0 unspecified atom stereocenters. The summed E-state index contributed by atoms with van der Waals surface area (Å²) in [4.78, 5) is 16.5. The van der Waals surface area contributed by atoms with E-state index in [-0.39, 0.29) is 18.0 Å². The number of nitrogens with one attached hydrogen (secondary N) is 2. The first-order valence-corrected chi connectivity index (χ1v) is 8.08. The first-order chi connectivity index (χ1) is 10.5. The van der Waals surface area contributed by atoms with E-state index in [1.54, 1.807) is 19.4 Å². The van der Waals surface area contributed by atoms with Crippen LogP contribution in [0.25, 0.3) is 0 Å². The van der Waals surface area contributed by atoms with E-state index in [9.17, 15) is 4.79 Å². The summed E-state index contributed by atoms with van der Waals surface area (Å²) in [5.74, 6) is 1.81. The molecule has 0 aromatic carbocycles. The molecule has 1 fully saturated rings. The zero-order chi connectivity index (χ0) is 16.1. The number of rotatable bonds is 5. The molecule has 0 saturated heterocycles. The summed E-state index contributed by atoms with van der Waals surface area (Å²) in [5, 5.41) is 6.37. The lowest BCUT2D eigenvalue weighted by molar-refractivity contribution is -0.122. The van der Waals surface area contributed by atoms with Crippen LogP contribution < -0.4 is 15.4 Å². The van der Waals surface area contributed by atoms with E-state index < -0.39 is 0 Å². The Labute approximate surface area is 132 Å². The number of hydrogen-bond donors (Lipinski definition) is 2. The number of carbonyl (C=O) groups is 1. The highest BCUT2D eigenvalue weighted by Gasteiger charge is 2.29. The number of nitrogens with zero attached hydrogens (tertiary/aromatic N) is 1. The molecule has 1 saturated carbocycles. The molecule has 0 spiro atoms. The summed E-state index contributed by atoms with van der Waals surface area (Å²) in [6.07, 6.45) is 5.21. The van der Waals surface area contributed by atoms with Gasteiger partial charge in [0.05, 0.1) is 19.0 Å². The van der Waals surface area contributed by atoms with Crippen molar-refractivity contribution in [2.45, 2.75) is 52.1 Å². The summed E-state index contributed by atoms with van der Waals surface area (Å²) in [6.45, 7) is 6.38. The highest BCUT2D eigenvalue weighted by atomic mass is 16.5. The van der Waals surface area contributed by atoms with Crippen molar-refractivity contribution in [2.75, 3.05) is 12.4 Å². The van der Waals surface area contributed by atoms with Crippen LogP contribution >= 0.6 is 0 Å². The molecule has 5 nitrogen and oxygen atoms in total. The molecule has 1 aromatic heterocycles. The molecular formula is C17H27N3O2. The molecule has 2 N–H and O–H groups in total. The fourth-order valence-corrected chi connectivity index (χ4v) is 3.00. The summed E-state index contributed by atoms with van der Waals surface area (Å²) in [5.41, 5.74) is 0.813. The number of hydrogen-bond acceptors (Lipinski definition) is 4. The zero-order valence-corrected chi connectivity index (χ0v) is 13.9. The van der Waals surface area contributed by atoms with Crippen LogP contribution in [0.4, 0.5) is 5.69 Å². The van der Waals surface area contributed by atoms with Crippen molar-refractivity contribution >= 4 is 11.6 Å². The van der Waals surface area contributed by atoms with E-state index >= 15 is 0 Å². The number of anilines is 1. The van der Waals surface area contributed by atoms with Gasteiger partial charge in [-0.2, -0.15) is 0 Å². The van der Waals surface area contributed by atoms with E-state index in [1.807, 2.05) is 13.0 Å². The minimum absolute atomic E-state index is 0.0433. The Morgan fingerprint density at radius 1 is 1.36 bits per heavy atom. The van der Waals surface area contributed by atoms with Gasteiger partial charge in [0.15, 0.2) is 0 Å². The Hall–Kier alpha value is -1.78. The zero-order valence-electron chi connectivity index (χ0n) is 13.9. The van der Waals surface area contributed by atoms with Gasteiger partial charge in [-0.1, -0.05) is 26.7 Å². The lowest BCUT2D eigenvalue weighted by Gasteiger charge is -2.35. The Kier molecular flexibility index (Phi) is 5.63. The smallest absolute Gasteiger partial charge is 0.242 e. The standard InChI is InChI=1S/C17H27N3O2/c1-11-6-5-7-15(12(11)2)20-17(21)13(3)19-14-8-9-16(22-4)18-10-14/h8-13,15,19H,5-7H2,1-4H3,(H,20,21)/t11-,12-,13-,15-/m1/s1. The Balaban J connectivity index is 1.88. The molecule has 1 aliphatic rings. The second kappa shape index (κ2) is 7.47. The summed E-state index contributed by atoms with van der Waals surface area (Å²) >= 11 is 0. The van der Waals surface area contributed by atoms with Crippen LogP contribution in [0.2, 0.25) is 0 Å². The van der Waals surface area contributed by atoms with Gasteiger partial charge in [-0.15, -0.1) is 0 Å². The van der Waals surface area contributed by atoms with E-state index in [4.69, 9.17) is 4.74 Å². The summed E-state index contributed by atoms with van der Waals surface area (Å²) in [6, 6.07) is 3.63. The average Bonchev–Trinajstić information content (AvgIpc) is 2.52. The maximum Gasteiger partial charge on any atom is 0.242 e. The summed E-state index contributed by atoms with van der Waals surface area (Å²) in [7, 11) is 1.58. The lowest BCUT2D eigenvalue weighted by atomic mass is 9.78. The van der Waals surface area contributed by atoms with Crippen LogP contribution in [-0.2, 0) is 4.79 Å². The number of methoxy groups -OCH3 is 1. The molecule has 2 rings (SSSR count). The molecule has 22 heavy (non-hydrogen) atoms. The topological polar surface area (TPSA) is 63.2 Å². The lowest BCUT2D eigenvalue weighted by Crippen LogP contribution is -2.48. The number of amides is 1. The third-order valence-electron chi connectivity index (χ3n) is 4.76. The SMILES string of the molecule is COc1ccc(N[C@H](C)C(=O)N[C@@H]2CCC[C@@H](C)[C@H]2C)cn1. The third-order valence-corrected chi connectivity index (χ3v) is 4.76. The highest BCUT2D eigenvalue weighted by Crippen LogP contribution is 2.29. The van der Waals surface area contributed by atoms with Gasteiger partial charge in [0.2, 0.25) is 11.8 Å². The van der Waals surface area contributed by atoms with Crippen LogP contribution in [-0.4, -0.2) is 30.1 Å². The van der Waals surface area contributed by atoms with Crippen molar-refractivity contribution in [1.29, 1.82) is 0 Å². The molecule has 0 aliphatic heterocycles. The van der Waals surface area contributed by atoms with Crippen LogP contribution in [0.5, 0.6) is 5.88 Å². The molecule has 1 aliphatic carbocycles. The minimum Gasteiger partial charge on any atom is -0.481 e. The fourth-order valence-electron chi connectivity index (χ4n) is 3.00. The van der Waals surface area contributed by atoms with Gasteiger partial charge in [-0.25, -0.2) is 4.98 Å². The van der Waals surface area contributed by atoms with Crippen molar-refractivity contribution < 1.29 is 9.53 Å². The van der Waals surface area contributed by atoms with Gasteiger partial charge in [0.1, 0.15) is 6.04 Å². The number of aromatic nitrogens is 1. The van der Waals surface area contributed by atoms with Crippen LogP contribution in [0.15, 0.2) is 18.3 Å². The number of ether oxygens (including phenoxy) is 1. The van der Waals surface area contributed by atoms with Gasteiger partial charge in [0.25, 0.3) is 0 Å². The van der Waals surface area contributed by atoms with E-state index in [0.29, 0.717) is 17.7 Å². The average molecular weight is 305 g/mol. The van der Waals surface area contributed by atoms with Crippen LogP contribution in [0, 0.1) is 11.8 Å². The molecule has 1 amide bonds. The van der Waals surface area contributed by atoms with Gasteiger partial charge in [-0.3, -0.25) is 4.79 Å². The van der Waals surface area contributed by atoms with Crippen molar-refractivity contribution in [3.8, 4) is 5.88 Å². The van der Waals surface area contributed by atoms with Gasteiger partial charge < -0.3 is 15.4 Å². The predicted octanol–water partition coefficient (Wildman–Crippen LogP) is 2.83. The Morgan fingerprint density at radius 2 is 2.14 bits per heavy atom. The molecule has 5 heteroatoms. The van der Waals surface area contributed by atoms with Gasteiger partial charge >= 0.3 is 0 Å². The summed E-state index contributed by atoms with van der Waals surface area (Å²) < 4.78 is 5.03. The third kappa shape index (κ3) is 4.12. The quantitative estimate of drug-likeness (QED) is 0.878. The monoisotopic (exact) mass is 305 g/mol. The molecule has 1 aromatic rings. The molecule has 122 valence electrons. The van der Waals surface area contributed by atoms with Crippen LogP contribution in [0.3, 0.4) is 0 Å². The second-order valence-corrected chi connectivity index (χ2v) is 6.34.